The number of hydrogen-bond donors (Lipinski definition) is 2. The van der Waals surface area contributed by atoms with E-state index in [0.717, 1.165) is 38.4 Å². The molecule has 0 unspecified atom stereocenters. The van der Waals surface area contributed by atoms with Gasteiger partial charge in [-0.25, -0.2) is 0 Å². The number of hydrogen-bond acceptors (Lipinski definition) is 5. The van der Waals surface area contributed by atoms with Gasteiger partial charge in [0.15, 0.2) is 0 Å². The number of aryl methyl sites for hydroxylation is 1. The predicted octanol–water partition coefficient (Wildman–Crippen LogP) is 1.38. The summed E-state index contributed by atoms with van der Waals surface area (Å²) in [5, 5.41) is 5.73. The van der Waals surface area contributed by atoms with E-state index in [9.17, 15) is 9.59 Å². The molecule has 7 nitrogen and oxygen atoms in total. The number of morpholine rings is 1. The van der Waals surface area contributed by atoms with Crippen LogP contribution in [0.5, 0.6) is 0 Å². The van der Waals surface area contributed by atoms with Crippen LogP contribution in [0.3, 0.4) is 0 Å². The fourth-order valence-corrected chi connectivity index (χ4v) is 2.93. The number of carbonyl (C=O) groups is 2. The lowest BCUT2D eigenvalue weighted by Gasteiger charge is -2.26. The van der Waals surface area contributed by atoms with Crippen LogP contribution in [0.4, 0.5) is 0 Å². The molecule has 3 rings (SSSR count). The Balaban J connectivity index is 1.49. The van der Waals surface area contributed by atoms with Crippen molar-refractivity contribution < 1.29 is 14.3 Å². The average Bonchev–Trinajstić information content (AvgIpc) is 2.74. The number of nitrogens with zero attached hydrogens (tertiary/aromatic N) is 2. The maximum absolute atomic E-state index is 12.4. The molecule has 7 heteroatoms. The van der Waals surface area contributed by atoms with Crippen molar-refractivity contribution in [2.24, 2.45) is 0 Å². The molecular weight excluding hydrogens is 356 g/mol. The highest BCUT2D eigenvalue weighted by atomic mass is 16.5. The first-order valence-corrected chi connectivity index (χ1v) is 9.50. The summed E-state index contributed by atoms with van der Waals surface area (Å²) in [4.78, 5) is 31.1. The summed E-state index contributed by atoms with van der Waals surface area (Å²) in [5.74, 6) is -0.508. The minimum atomic E-state index is -0.302. The largest absolute Gasteiger partial charge is 0.379 e. The van der Waals surface area contributed by atoms with E-state index in [0.29, 0.717) is 18.7 Å². The molecule has 2 N–H and O–H groups in total. The fourth-order valence-electron chi connectivity index (χ4n) is 2.93. The number of rotatable bonds is 7. The average molecular weight is 382 g/mol. The van der Waals surface area contributed by atoms with Crippen LogP contribution < -0.4 is 10.6 Å². The molecule has 0 saturated carbocycles. The van der Waals surface area contributed by atoms with Gasteiger partial charge in [-0.1, -0.05) is 29.8 Å². The summed E-state index contributed by atoms with van der Waals surface area (Å²) >= 11 is 0. The van der Waals surface area contributed by atoms with Crippen LogP contribution in [0.15, 0.2) is 42.6 Å². The fraction of sp³-hybridized carbons (Fsp3) is 0.381. The first kappa shape index (κ1) is 20.0. The summed E-state index contributed by atoms with van der Waals surface area (Å²) in [6.45, 7) is 7.01. The van der Waals surface area contributed by atoms with Gasteiger partial charge in [0.05, 0.1) is 13.2 Å². The number of amides is 2. The lowest BCUT2D eigenvalue weighted by Crippen LogP contribution is -2.41. The molecule has 1 saturated heterocycles. The first-order valence-electron chi connectivity index (χ1n) is 9.50. The molecule has 1 aliphatic rings. The summed E-state index contributed by atoms with van der Waals surface area (Å²) in [6, 6.07) is 11.1. The van der Waals surface area contributed by atoms with Gasteiger partial charge in [0.25, 0.3) is 11.8 Å². The van der Waals surface area contributed by atoms with Crippen LogP contribution in [-0.2, 0) is 11.3 Å². The Morgan fingerprint density at radius 2 is 1.82 bits per heavy atom. The van der Waals surface area contributed by atoms with Crippen molar-refractivity contribution in [3.8, 4) is 0 Å². The Morgan fingerprint density at radius 1 is 1.07 bits per heavy atom. The van der Waals surface area contributed by atoms with E-state index in [2.05, 4.69) is 20.5 Å². The van der Waals surface area contributed by atoms with Gasteiger partial charge < -0.3 is 15.4 Å². The Labute approximate surface area is 165 Å². The highest BCUT2D eigenvalue weighted by molar-refractivity contribution is 5.98. The van der Waals surface area contributed by atoms with Gasteiger partial charge >= 0.3 is 0 Å². The van der Waals surface area contributed by atoms with Crippen LogP contribution in [-0.4, -0.2) is 61.1 Å². The third kappa shape index (κ3) is 5.87. The minimum absolute atomic E-state index is 0.205. The zero-order valence-electron chi connectivity index (χ0n) is 16.1. The quantitative estimate of drug-likeness (QED) is 0.756. The van der Waals surface area contributed by atoms with E-state index in [1.165, 1.54) is 17.8 Å². The number of aromatic nitrogens is 1. The summed E-state index contributed by atoms with van der Waals surface area (Å²) in [5.41, 5.74) is 2.84. The van der Waals surface area contributed by atoms with Crippen molar-refractivity contribution in [3.63, 3.8) is 0 Å². The Kier molecular flexibility index (Phi) is 7.11. The second-order valence-electron chi connectivity index (χ2n) is 6.81. The van der Waals surface area contributed by atoms with Gasteiger partial charge in [-0.2, -0.15) is 0 Å². The van der Waals surface area contributed by atoms with E-state index in [4.69, 9.17) is 4.74 Å². The normalized spacial score (nSPS) is 14.5. The highest BCUT2D eigenvalue weighted by Crippen LogP contribution is 2.05. The molecule has 0 spiro atoms. The number of benzene rings is 1. The van der Waals surface area contributed by atoms with E-state index in [1.54, 1.807) is 6.07 Å². The molecule has 0 atom stereocenters. The van der Waals surface area contributed by atoms with Crippen molar-refractivity contribution >= 4 is 11.8 Å². The molecule has 2 aromatic rings. The van der Waals surface area contributed by atoms with Crippen LogP contribution in [0, 0.1) is 6.92 Å². The molecule has 148 valence electrons. The monoisotopic (exact) mass is 382 g/mol. The number of pyridine rings is 1. The third-order valence-electron chi connectivity index (χ3n) is 4.65. The highest BCUT2D eigenvalue weighted by Gasteiger charge is 2.13. The molecule has 2 heterocycles. The van der Waals surface area contributed by atoms with E-state index < -0.39 is 0 Å². The third-order valence-corrected chi connectivity index (χ3v) is 4.65. The molecule has 0 radical (unpaired) electrons. The molecular formula is C21H26N4O3. The Bertz CT molecular complexity index is 802. The van der Waals surface area contributed by atoms with Crippen molar-refractivity contribution in [1.29, 1.82) is 0 Å². The SMILES string of the molecule is Cc1ccc(CNC(=O)c2cc(C(=O)NCCN3CCOCC3)ccn2)cc1. The minimum Gasteiger partial charge on any atom is -0.379 e. The second kappa shape index (κ2) is 9.96. The first-order chi connectivity index (χ1) is 13.6. The van der Waals surface area contributed by atoms with Gasteiger partial charge in [0.2, 0.25) is 0 Å². The molecule has 0 bridgehead atoms. The second-order valence-corrected chi connectivity index (χ2v) is 6.81. The van der Waals surface area contributed by atoms with Gasteiger partial charge in [0, 0.05) is 44.5 Å². The number of ether oxygens (including phenoxy) is 1. The number of carbonyl (C=O) groups excluding carboxylic acids is 2. The van der Waals surface area contributed by atoms with Crippen molar-refractivity contribution in [3.05, 3.63) is 65.0 Å². The summed E-state index contributed by atoms with van der Waals surface area (Å²) < 4.78 is 5.31. The maximum Gasteiger partial charge on any atom is 0.270 e. The van der Waals surface area contributed by atoms with E-state index in [1.807, 2.05) is 31.2 Å². The summed E-state index contributed by atoms with van der Waals surface area (Å²) in [7, 11) is 0. The Morgan fingerprint density at radius 3 is 2.57 bits per heavy atom. The van der Waals surface area contributed by atoms with Crippen molar-refractivity contribution in [1.82, 2.24) is 20.5 Å². The lowest BCUT2D eigenvalue weighted by molar-refractivity contribution is 0.0383. The maximum atomic E-state index is 12.4. The predicted molar refractivity (Wildman–Crippen MR) is 106 cm³/mol. The summed E-state index contributed by atoms with van der Waals surface area (Å²) in [6.07, 6.45) is 1.48. The molecule has 1 aromatic heterocycles. The van der Waals surface area contributed by atoms with Crippen LogP contribution in [0.2, 0.25) is 0 Å². The topological polar surface area (TPSA) is 83.6 Å². The molecule has 28 heavy (non-hydrogen) atoms. The van der Waals surface area contributed by atoms with Crippen LogP contribution in [0.1, 0.15) is 32.0 Å². The lowest BCUT2D eigenvalue weighted by atomic mass is 10.1. The van der Waals surface area contributed by atoms with Gasteiger partial charge in [0.1, 0.15) is 5.69 Å². The standard InChI is InChI=1S/C21H26N4O3/c1-16-2-4-17(5-3-16)15-24-21(27)19-14-18(6-7-22-19)20(26)23-8-9-25-10-12-28-13-11-25/h2-7,14H,8-13,15H2,1H3,(H,23,26)(H,24,27). The smallest absolute Gasteiger partial charge is 0.270 e. The molecule has 0 aliphatic carbocycles. The van der Waals surface area contributed by atoms with Crippen LogP contribution in [0.25, 0.3) is 0 Å². The van der Waals surface area contributed by atoms with Gasteiger partial charge in [-0.15, -0.1) is 0 Å². The van der Waals surface area contributed by atoms with Gasteiger partial charge in [-0.3, -0.25) is 19.5 Å². The molecule has 1 aromatic carbocycles. The van der Waals surface area contributed by atoms with Crippen LogP contribution >= 0.6 is 0 Å². The van der Waals surface area contributed by atoms with E-state index >= 15 is 0 Å². The van der Waals surface area contributed by atoms with Gasteiger partial charge in [-0.05, 0) is 24.6 Å². The van der Waals surface area contributed by atoms with E-state index in [-0.39, 0.29) is 17.5 Å². The van der Waals surface area contributed by atoms with Crippen molar-refractivity contribution in [2.45, 2.75) is 13.5 Å². The van der Waals surface area contributed by atoms with Crippen molar-refractivity contribution in [2.75, 3.05) is 39.4 Å². The molecule has 2 amide bonds. The zero-order valence-corrected chi connectivity index (χ0v) is 16.1. The Hall–Kier alpha value is -2.77. The molecule has 1 aliphatic heterocycles. The molecule has 1 fully saturated rings. The number of nitrogens with one attached hydrogen (secondary N) is 2. The zero-order chi connectivity index (χ0) is 19.8.